The quantitative estimate of drug-likeness (QED) is 0.893. The lowest BCUT2D eigenvalue weighted by atomic mass is 10.1. The van der Waals surface area contributed by atoms with Crippen LogP contribution in [-0.4, -0.2) is 46.8 Å². The Morgan fingerprint density at radius 2 is 2.26 bits per heavy atom. The van der Waals surface area contributed by atoms with Crippen molar-refractivity contribution in [1.29, 1.82) is 0 Å². The van der Waals surface area contributed by atoms with Crippen LogP contribution in [0.3, 0.4) is 0 Å². The molecule has 0 bridgehead atoms. The molecule has 1 N–H and O–H groups in total. The molecule has 0 spiro atoms. The first kappa shape index (κ1) is 14.2. The number of rotatable bonds is 5. The Kier molecular flexibility index (Phi) is 5.13. The average Bonchev–Trinajstić information content (AvgIpc) is 2.40. The fraction of sp³-hybridized carbons (Fsp3) is 0.538. The molecule has 1 fully saturated rings. The van der Waals surface area contributed by atoms with Crippen LogP contribution >= 0.6 is 11.6 Å². The molecular weight excluding hydrogens is 268 g/mol. The van der Waals surface area contributed by atoms with Gasteiger partial charge in [-0.1, -0.05) is 11.6 Å². The molecule has 0 saturated carbocycles. The van der Waals surface area contributed by atoms with Gasteiger partial charge in [-0.25, -0.2) is 4.79 Å². The summed E-state index contributed by atoms with van der Waals surface area (Å²) in [6.07, 6.45) is 5.16. The maximum absolute atomic E-state index is 10.4. The van der Waals surface area contributed by atoms with Gasteiger partial charge in [0, 0.05) is 32.0 Å². The fourth-order valence-corrected chi connectivity index (χ4v) is 2.38. The van der Waals surface area contributed by atoms with E-state index in [-0.39, 0.29) is 12.7 Å². The van der Waals surface area contributed by atoms with Crippen LogP contribution in [0.15, 0.2) is 18.5 Å². The molecule has 2 heterocycles. The second kappa shape index (κ2) is 6.84. The molecule has 1 saturated heterocycles. The third kappa shape index (κ3) is 4.45. The van der Waals surface area contributed by atoms with E-state index in [2.05, 4.69) is 9.88 Å². The van der Waals surface area contributed by atoms with E-state index in [1.807, 2.05) is 6.07 Å². The molecule has 104 valence electrons. The second-order valence-electron chi connectivity index (χ2n) is 4.65. The summed E-state index contributed by atoms with van der Waals surface area (Å²) in [4.78, 5) is 16.7. The molecule has 1 aliphatic heterocycles. The molecule has 1 aliphatic rings. The Morgan fingerprint density at radius 1 is 1.53 bits per heavy atom. The Bertz CT molecular complexity index is 434. The van der Waals surface area contributed by atoms with Crippen LogP contribution in [0.1, 0.15) is 18.4 Å². The Balaban J connectivity index is 1.77. The van der Waals surface area contributed by atoms with E-state index in [4.69, 9.17) is 21.4 Å². The van der Waals surface area contributed by atoms with Gasteiger partial charge in [0.2, 0.25) is 0 Å². The lowest BCUT2D eigenvalue weighted by Gasteiger charge is -2.31. The van der Waals surface area contributed by atoms with Crippen LogP contribution in [0, 0.1) is 0 Å². The summed E-state index contributed by atoms with van der Waals surface area (Å²) in [5, 5.41) is 9.25. The minimum absolute atomic E-state index is 0.0558. The van der Waals surface area contributed by atoms with E-state index in [1.165, 1.54) is 0 Å². The predicted molar refractivity (Wildman–Crippen MR) is 71.1 cm³/mol. The van der Waals surface area contributed by atoms with E-state index in [0.717, 1.165) is 38.0 Å². The van der Waals surface area contributed by atoms with Gasteiger partial charge in [-0.05, 0) is 24.5 Å². The maximum atomic E-state index is 10.4. The SMILES string of the molecule is O=C(O)COC1CCN(Cc2ccncc2Cl)CC1. The number of pyridine rings is 1. The molecule has 0 amide bonds. The van der Waals surface area contributed by atoms with E-state index in [9.17, 15) is 4.79 Å². The number of carbonyl (C=O) groups is 1. The standard InChI is InChI=1S/C13H17ClN2O3/c14-12-7-15-4-1-10(12)8-16-5-2-11(3-6-16)19-9-13(17)18/h1,4,7,11H,2-3,5-6,8-9H2,(H,17,18). The zero-order chi connectivity index (χ0) is 13.7. The van der Waals surface area contributed by atoms with Crippen molar-refractivity contribution in [3.05, 3.63) is 29.0 Å². The molecule has 0 aliphatic carbocycles. The van der Waals surface area contributed by atoms with Gasteiger partial charge >= 0.3 is 5.97 Å². The minimum atomic E-state index is -0.911. The number of aliphatic carboxylic acids is 1. The third-order valence-corrected chi connectivity index (χ3v) is 3.57. The van der Waals surface area contributed by atoms with Crippen molar-refractivity contribution >= 4 is 17.6 Å². The van der Waals surface area contributed by atoms with Crippen LogP contribution in [0.25, 0.3) is 0 Å². The molecule has 19 heavy (non-hydrogen) atoms. The van der Waals surface area contributed by atoms with Gasteiger partial charge in [0.1, 0.15) is 6.61 Å². The maximum Gasteiger partial charge on any atom is 0.329 e. The Hall–Kier alpha value is -1.17. The van der Waals surface area contributed by atoms with Crippen molar-refractivity contribution < 1.29 is 14.6 Å². The van der Waals surface area contributed by atoms with Crippen LogP contribution in [0.4, 0.5) is 0 Å². The highest BCUT2D eigenvalue weighted by Crippen LogP contribution is 2.19. The number of carboxylic acids is 1. The summed E-state index contributed by atoms with van der Waals surface area (Å²) < 4.78 is 5.30. The number of aromatic nitrogens is 1. The average molecular weight is 285 g/mol. The Labute approximate surface area is 117 Å². The van der Waals surface area contributed by atoms with E-state index in [1.54, 1.807) is 12.4 Å². The number of likely N-dealkylation sites (tertiary alicyclic amines) is 1. The number of hydrogen-bond acceptors (Lipinski definition) is 4. The normalized spacial score (nSPS) is 17.5. The summed E-state index contributed by atoms with van der Waals surface area (Å²) in [5.41, 5.74) is 1.07. The van der Waals surface area contributed by atoms with Gasteiger partial charge < -0.3 is 9.84 Å². The minimum Gasteiger partial charge on any atom is -0.480 e. The lowest BCUT2D eigenvalue weighted by Crippen LogP contribution is -2.37. The van der Waals surface area contributed by atoms with Crippen LogP contribution in [-0.2, 0) is 16.1 Å². The van der Waals surface area contributed by atoms with Gasteiger partial charge in [0.05, 0.1) is 11.1 Å². The highest BCUT2D eigenvalue weighted by molar-refractivity contribution is 6.31. The first-order valence-electron chi connectivity index (χ1n) is 6.29. The van der Waals surface area contributed by atoms with Crippen molar-refractivity contribution in [3.63, 3.8) is 0 Å². The highest BCUT2D eigenvalue weighted by atomic mass is 35.5. The molecule has 1 aromatic rings. The van der Waals surface area contributed by atoms with Crippen molar-refractivity contribution in [1.82, 2.24) is 9.88 Å². The molecule has 2 rings (SSSR count). The van der Waals surface area contributed by atoms with Crippen molar-refractivity contribution in [2.45, 2.75) is 25.5 Å². The summed E-state index contributed by atoms with van der Waals surface area (Å²) in [5.74, 6) is -0.911. The predicted octanol–water partition coefficient (Wildman–Crippen LogP) is 1.80. The molecule has 0 atom stereocenters. The molecule has 0 aromatic carbocycles. The third-order valence-electron chi connectivity index (χ3n) is 3.23. The smallest absolute Gasteiger partial charge is 0.329 e. The van der Waals surface area contributed by atoms with E-state index in [0.29, 0.717) is 5.02 Å². The number of ether oxygens (including phenoxy) is 1. The largest absolute Gasteiger partial charge is 0.480 e. The van der Waals surface area contributed by atoms with Gasteiger partial charge in [0.25, 0.3) is 0 Å². The summed E-state index contributed by atoms with van der Waals surface area (Å²) in [7, 11) is 0. The molecule has 1 aromatic heterocycles. The fourth-order valence-electron chi connectivity index (χ4n) is 2.20. The number of nitrogens with zero attached hydrogens (tertiary/aromatic N) is 2. The number of hydrogen-bond donors (Lipinski definition) is 1. The van der Waals surface area contributed by atoms with E-state index < -0.39 is 5.97 Å². The molecule has 6 heteroatoms. The Morgan fingerprint density at radius 3 is 2.89 bits per heavy atom. The number of carboxylic acid groups (broad SMARTS) is 1. The second-order valence-corrected chi connectivity index (χ2v) is 5.05. The number of halogens is 1. The van der Waals surface area contributed by atoms with Gasteiger partial charge in [-0.15, -0.1) is 0 Å². The zero-order valence-electron chi connectivity index (χ0n) is 10.6. The lowest BCUT2D eigenvalue weighted by molar-refractivity contribution is -0.145. The van der Waals surface area contributed by atoms with Crippen molar-refractivity contribution in [2.75, 3.05) is 19.7 Å². The first-order valence-corrected chi connectivity index (χ1v) is 6.67. The van der Waals surface area contributed by atoms with E-state index >= 15 is 0 Å². The monoisotopic (exact) mass is 284 g/mol. The van der Waals surface area contributed by atoms with Crippen LogP contribution in [0.5, 0.6) is 0 Å². The highest BCUT2D eigenvalue weighted by Gasteiger charge is 2.20. The van der Waals surface area contributed by atoms with Gasteiger partial charge in [0.15, 0.2) is 0 Å². The molecule has 5 nitrogen and oxygen atoms in total. The van der Waals surface area contributed by atoms with Crippen LogP contribution < -0.4 is 0 Å². The van der Waals surface area contributed by atoms with Gasteiger partial charge in [-0.2, -0.15) is 0 Å². The van der Waals surface area contributed by atoms with Crippen molar-refractivity contribution in [3.8, 4) is 0 Å². The molecular formula is C13H17ClN2O3. The zero-order valence-corrected chi connectivity index (χ0v) is 11.3. The van der Waals surface area contributed by atoms with Crippen molar-refractivity contribution in [2.24, 2.45) is 0 Å². The number of piperidine rings is 1. The molecule has 0 unspecified atom stereocenters. The summed E-state index contributed by atoms with van der Waals surface area (Å²) in [6.45, 7) is 2.37. The topological polar surface area (TPSA) is 62.7 Å². The summed E-state index contributed by atoms with van der Waals surface area (Å²) >= 11 is 6.08. The molecule has 0 radical (unpaired) electrons. The van der Waals surface area contributed by atoms with Gasteiger partial charge in [-0.3, -0.25) is 9.88 Å². The summed E-state index contributed by atoms with van der Waals surface area (Å²) in [6, 6.07) is 1.93. The van der Waals surface area contributed by atoms with Crippen LogP contribution in [0.2, 0.25) is 5.02 Å². The first-order chi connectivity index (χ1) is 9.15.